The monoisotopic (exact) mass is 378 g/mol. The van der Waals surface area contributed by atoms with Crippen LogP contribution in [0.4, 0.5) is 10.1 Å². The molecule has 1 heterocycles. The van der Waals surface area contributed by atoms with Gasteiger partial charge in [0.15, 0.2) is 0 Å². The van der Waals surface area contributed by atoms with Crippen molar-refractivity contribution in [2.24, 2.45) is 0 Å². The highest BCUT2D eigenvalue weighted by molar-refractivity contribution is 6.37. The molecule has 130 valence electrons. The van der Waals surface area contributed by atoms with Crippen LogP contribution in [0.1, 0.15) is 5.56 Å². The molecule has 0 atom stereocenters. The van der Waals surface area contributed by atoms with Crippen LogP contribution >= 0.6 is 23.2 Å². The van der Waals surface area contributed by atoms with Crippen LogP contribution in [-0.2, 0) is 4.79 Å². The summed E-state index contributed by atoms with van der Waals surface area (Å²) in [6.45, 7) is 2.25. The maximum absolute atomic E-state index is 13.9. The molecule has 0 radical (unpaired) electrons. The predicted molar refractivity (Wildman–Crippen MR) is 101 cm³/mol. The Morgan fingerprint density at radius 2 is 1.60 bits per heavy atom. The zero-order chi connectivity index (χ0) is 17.8. The number of para-hydroxylation sites is 1. The summed E-state index contributed by atoms with van der Waals surface area (Å²) in [4.78, 5) is 16.1. The molecule has 0 aliphatic carbocycles. The van der Waals surface area contributed by atoms with Crippen molar-refractivity contribution in [3.8, 4) is 0 Å². The van der Waals surface area contributed by atoms with Gasteiger partial charge >= 0.3 is 0 Å². The fourth-order valence-electron chi connectivity index (χ4n) is 2.81. The van der Waals surface area contributed by atoms with Gasteiger partial charge in [0.1, 0.15) is 5.82 Å². The van der Waals surface area contributed by atoms with E-state index in [2.05, 4.69) is 0 Å². The molecule has 6 heteroatoms. The average molecular weight is 379 g/mol. The minimum atomic E-state index is -0.240. The first-order valence-electron chi connectivity index (χ1n) is 7.97. The van der Waals surface area contributed by atoms with Gasteiger partial charge in [-0.25, -0.2) is 4.39 Å². The van der Waals surface area contributed by atoms with Crippen LogP contribution in [0.2, 0.25) is 10.0 Å². The van der Waals surface area contributed by atoms with Crippen molar-refractivity contribution >= 4 is 40.9 Å². The van der Waals surface area contributed by atoms with E-state index in [1.54, 1.807) is 41.3 Å². The van der Waals surface area contributed by atoms with Crippen LogP contribution in [0, 0.1) is 5.82 Å². The number of rotatable bonds is 3. The van der Waals surface area contributed by atoms with Crippen molar-refractivity contribution in [2.45, 2.75) is 0 Å². The number of amides is 1. The normalized spacial score (nSPS) is 15.0. The molecular weight excluding hydrogens is 362 g/mol. The lowest BCUT2D eigenvalue weighted by Crippen LogP contribution is -2.48. The molecule has 0 unspecified atom stereocenters. The van der Waals surface area contributed by atoms with Crippen molar-refractivity contribution in [2.75, 3.05) is 31.1 Å². The Balaban J connectivity index is 1.62. The third-order valence-corrected chi connectivity index (χ3v) is 4.84. The number of carbonyl (C=O) groups excluding carboxylic acids is 1. The second kappa shape index (κ2) is 7.89. The van der Waals surface area contributed by atoms with Gasteiger partial charge in [0.05, 0.1) is 5.69 Å². The second-order valence-corrected chi connectivity index (χ2v) is 6.55. The van der Waals surface area contributed by atoms with Crippen LogP contribution < -0.4 is 4.90 Å². The quantitative estimate of drug-likeness (QED) is 0.734. The summed E-state index contributed by atoms with van der Waals surface area (Å²) in [6.07, 6.45) is 3.11. The molecule has 2 aromatic carbocycles. The van der Waals surface area contributed by atoms with Gasteiger partial charge in [-0.2, -0.15) is 0 Å². The number of carbonyl (C=O) groups is 1. The fourth-order valence-corrected chi connectivity index (χ4v) is 3.33. The number of benzene rings is 2. The number of hydrogen-bond donors (Lipinski definition) is 0. The zero-order valence-corrected chi connectivity index (χ0v) is 15.0. The van der Waals surface area contributed by atoms with Crippen LogP contribution in [0.3, 0.4) is 0 Å². The third-order valence-electron chi connectivity index (χ3n) is 4.18. The van der Waals surface area contributed by atoms with Crippen LogP contribution in [-0.4, -0.2) is 37.0 Å². The van der Waals surface area contributed by atoms with E-state index in [1.807, 2.05) is 11.0 Å². The molecule has 1 aliphatic rings. The summed E-state index contributed by atoms with van der Waals surface area (Å²) in [5, 5.41) is 1.00. The van der Waals surface area contributed by atoms with Crippen molar-refractivity contribution in [1.82, 2.24) is 4.90 Å². The predicted octanol–water partition coefficient (Wildman–Crippen LogP) is 4.49. The zero-order valence-electron chi connectivity index (χ0n) is 13.5. The van der Waals surface area contributed by atoms with E-state index < -0.39 is 0 Å². The van der Waals surface area contributed by atoms with Gasteiger partial charge in [-0.3, -0.25) is 4.79 Å². The Morgan fingerprint density at radius 1 is 0.960 bits per heavy atom. The highest BCUT2D eigenvalue weighted by Crippen LogP contribution is 2.25. The van der Waals surface area contributed by atoms with E-state index in [0.29, 0.717) is 47.5 Å². The van der Waals surface area contributed by atoms with Crippen molar-refractivity contribution in [3.63, 3.8) is 0 Å². The molecule has 1 saturated heterocycles. The highest BCUT2D eigenvalue weighted by Gasteiger charge is 2.21. The highest BCUT2D eigenvalue weighted by atomic mass is 35.5. The number of anilines is 1. The van der Waals surface area contributed by atoms with Gasteiger partial charge in [0.25, 0.3) is 0 Å². The first kappa shape index (κ1) is 17.8. The lowest BCUT2D eigenvalue weighted by Gasteiger charge is -2.35. The molecule has 0 aromatic heterocycles. The number of nitrogens with zero attached hydrogens (tertiary/aromatic N) is 2. The Kier molecular flexibility index (Phi) is 5.61. The lowest BCUT2D eigenvalue weighted by molar-refractivity contribution is -0.126. The summed E-state index contributed by atoms with van der Waals surface area (Å²) in [6, 6.07) is 11.9. The summed E-state index contributed by atoms with van der Waals surface area (Å²) >= 11 is 12.2. The molecule has 1 aliphatic heterocycles. The SMILES string of the molecule is O=C(C=Cc1c(Cl)cccc1Cl)N1CCN(c2ccccc2F)CC1. The van der Waals surface area contributed by atoms with E-state index >= 15 is 0 Å². The third kappa shape index (κ3) is 4.14. The van der Waals surface area contributed by atoms with E-state index in [4.69, 9.17) is 23.2 Å². The summed E-state index contributed by atoms with van der Waals surface area (Å²) in [5.74, 6) is -0.347. The smallest absolute Gasteiger partial charge is 0.246 e. The van der Waals surface area contributed by atoms with Gasteiger partial charge < -0.3 is 9.80 Å². The molecular formula is C19H17Cl2FN2O. The molecule has 2 aromatic rings. The molecule has 0 saturated carbocycles. The molecule has 0 spiro atoms. The van der Waals surface area contributed by atoms with E-state index in [1.165, 1.54) is 12.1 Å². The summed E-state index contributed by atoms with van der Waals surface area (Å²) < 4.78 is 13.9. The minimum absolute atomic E-state index is 0.107. The van der Waals surface area contributed by atoms with E-state index in [9.17, 15) is 9.18 Å². The van der Waals surface area contributed by atoms with E-state index in [0.717, 1.165) is 0 Å². The molecule has 3 nitrogen and oxygen atoms in total. The molecule has 0 bridgehead atoms. The standard InChI is InChI=1S/C19H17Cl2FN2O/c20-15-4-3-5-16(21)14(15)8-9-19(25)24-12-10-23(11-13-24)18-7-2-1-6-17(18)22/h1-9H,10-13H2. The summed E-state index contributed by atoms with van der Waals surface area (Å²) in [7, 11) is 0. The second-order valence-electron chi connectivity index (χ2n) is 5.73. The van der Waals surface area contributed by atoms with Crippen molar-refractivity contribution in [3.05, 3.63) is 70.0 Å². The molecule has 0 N–H and O–H groups in total. The van der Waals surface area contributed by atoms with Gasteiger partial charge in [-0.05, 0) is 30.3 Å². The van der Waals surface area contributed by atoms with Crippen LogP contribution in [0.5, 0.6) is 0 Å². The molecule has 1 fully saturated rings. The van der Waals surface area contributed by atoms with Crippen molar-refractivity contribution < 1.29 is 9.18 Å². The lowest BCUT2D eigenvalue weighted by atomic mass is 10.2. The number of hydrogen-bond acceptors (Lipinski definition) is 2. The van der Waals surface area contributed by atoms with E-state index in [-0.39, 0.29) is 11.7 Å². The van der Waals surface area contributed by atoms with Gasteiger partial charge in [0, 0.05) is 47.9 Å². The topological polar surface area (TPSA) is 23.6 Å². The van der Waals surface area contributed by atoms with Crippen LogP contribution in [0.15, 0.2) is 48.5 Å². The Morgan fingerprint density at radius 3 is 2.24 bits per heavy atom. The molecule has 1 amide bonds. The maximum Gasteiger partial charge on any atom is 0.246 e. The molecule has 25 heavy (non-hydrogen) atoms. The Hall–Kier alpha value is -2.04. The number of piperazine rings is 1. The minimum Gasteiger partial charge on any atom is -0.366 e. The Bertz CT molecular complexity index is 782. The first-order chi connectivity index (χ1) is 12.1. The molecule has 3 rings (SSSR count). The fraction of sp³-hybridized carbons (Fsp3) is 0.211. The summed E-state index contributed by atoms with van der Waals surface area (Å²) in [5.41, 5.74) is 1.21. The Labute approximate surface area is 156 Å². The largest absolute Gasteiger partial charge is 0.366 e. The van der Waals surface area contributed by atoms with Gasteiger partial charge in [-0.15, -0.1) is 0 Å². The van der Waals surface area contributed by atoms with Crippen molar-refractivity contribution in [1.29, 1.82) is 0 Å². The van der Waals surface area contributed by atoms with Gasteiger partial charge in [0.2, 0.25) is 5.91 Å². The van der Waals surface area contributed by atoms with Gasteiger partial charge in [-0.1, -0.05) is 41.4 Å². The number of halogens is 3. The average Bonchev–Trinajstić information content (AvgIpc) is 2.62. The first-order valence-corrected chi connectivity index (χ1v) is 8.72. The maximum atomic E-state index is 13.9. The van der Waals surface area contributed by atoms with Crippen LogP contribution in [0.25, 0.3) is 6.08 Å².